The first kappa shape index (κ1) is 24.4. The van der Waals surface area contributed by atoms with E-state index >= 15 is 0 Å². The number of carbonyl (C=O) groups is 2. The fourth-order valence-electron chi connectivity index (χ4n) is 3.86. The molecule has 0 spiro atoms. The summed E-state index contributed by atoms with van der Waals surface area (Å²) in [6.45, 7) is 5.95. The Kier molecular flexibility index (Phi) is 9.00. The predicted molar refractivity (Wildman–Crippen MR) is 126 cm³/mol. The Morgan fingerprint density at radius 2 is 1.79 bits per heavy atom. The van der Waals surface area contributed by atoms with Crippen LogP contribution in [0.25, 0.3) is 0 Å². The Labute approximate surface area is 195 Å². The third-order valence-corrected chi connectivity index (χ3v) is 5.72. The van der Waals surface area contributed by atoms with E-state index in [9.17, 15) is 9.59 Å². The van der Waals surface area contributed by atoms with Gasteiger partial charge in [-0.2, -0.15) is 0 Å². The van der Waals surface area contributed by atoms with E-state index in [1.165, 1.54) is 6.20 Å². The molecule has 1 aromatic heterocycles. The van der Waals surface area contributed by atoms with Crippen LogP contribution in [0.2, 0.25) is 0 Å². The molecular weight excluding hydrogens is 422 g/mol. The molecule has 9 nitrogen and oxygen atoms in total. The molecule has 1 saturated heterocycles. The first-order chi connectivity index (χ1) is 16.0. The fraction of sp³-hybridized carbons (Fsp3) is 0.500. The lowest BCUT2D eigenvalue weighted by molar-refractivity contribution is -0.131. The van der Waals surface area contributed by atoms with Crippen molar-refractivity contribution in [2.75, 3.05) is 65.0 Å². The van der Waals surface area contributed by atoms with Crippen molar-refractivity contribution in [3.05, 3.63) is 48.0 Å². The number of ether oxygens (including phenoxy) is 2. The van der Waals surface area contributed by atoms with Gasteiger partial charge in [0.05, 0.1) is 24.7 Å². The normalized spacial score (nSPS) is 13.7. The van der Waals surface area contributed by atoms with E-state index in [1.54, 1.807) is 25.3 Å². The number of anilines is 1. The van der Waals surface area contributed by atoms with Crippen LogP contribution < -0.4 is 9.64 Å². The van der Waals surface area contributed by atoms with Gasteiger partial charge in [-0.3, -0.25) is 14.6 Å². The summed E-state index contributed by atoms with van der Waals surface area (Å²) in [4.78, 5) is 40.0. The average Bonchev–Trinajstić information content (AvgIpc) is 2.86. The number of hydrogen-bond donors (Lipinski definition) is 0. The van der Waals surface area contributed by atoms with Crippen molar-refractivity contribution in [3.8, 4) is 5.75 Å². The minimum atomic E-state index is -0.215. The highest BCUT2D eigenvalue weighted by molar-refractivity contribution is 5.92. The SMILES string of the molecule is COCCCN(CCC(=O)N1CCN(c2ccccc2OC)CC1)C(=O)c1cnc(C)cn1. The van der Waals surface area contributed by atoms with E-state index in [0.717, 1.165) is 30.2 Å². The van der Waals surface area contributed by atoms with Crippen LogP contribution >= 0.6 is 0 Å². The number of carbonyl (C=O) groups excluding carboxylic acids is 2. The molecular formula is C24H33N5O4. The Balaban J connectivity index is 1.55. The van der Waals surface area contributed by atoms with E-state index in [1.807, 2.05) is 36.1 Å². The zero-order valence-electron chi connectivity index (χ0n) is 19.7. The van der Waals surface area contributed by atoms with Crippen LogP contribution in [0.5, 0.6) is 5.75 Å². The highest BCUT2D eigenvalue weighted by atomic mass is 16.5. The number of hydrogen-bond acceptors (Lipinski definition) is 7. The van der Waals surface area contributed by atoms with Gasteiger partial charge in [-0.05, 0) is 25.5 Å². The summed E-state index contributed by atoms with van der Waals surface area (Å²) in [5, 5.41) is 0. The second kappa shape index (κ2) is 12.2. The van der Waals surface area contributed by atoms with Crippen LogP contribution in [-0.4, -0.2) is 91.7 Å². The number of para-hydroxylation sites is 2. The van der Waals surface area contributed by atoms with Crippen molar-refractivity contribution in [1.29, 1.82) is 0 Å². The zero-order chi connectivity index (χ0) is 23.6. The van der Waals surface area contributed by atoms with E-state index in [0.29, 0.717) is 39.2 Å². The first-order valence-electron chi connectivity index (χ1n) is 11.3. The molecule has 0 saturated carbocycles. The number of amides is 2. The van der Waals surface area contributed by atoms with Gasteiger partial charge in [-0.15, -0.1) is 0 Å². The van der Waals surface area contributed by atoms with E-state index in [4.69, 9.17) is 9.47 Å². The third kappa shape index (κ3) is 6.64. The summed E-state index contributed by atoms with van der Waals surface area (Å²) in [5.41, 5.74) is 2.08. The summed E-state index contributed by atoms with van der Waals surface area (Å²) in [5.74, 6) is 0.670. The fourth-order valence-corrected chi connectivity index (χ4v) is 3.86. The predicted octanol–water partition coefficient (Wildman–Crippen LogP) is 2.01. The van der Waals surface area contributed by atoms with Gasteiger partial charge in [0.2, 0.25) is 5.91 Å². The molecule has 1 aliphatic heterocycles. The molecule has 3 rings (SSSR count). The smallest absolute Gasteiger partial charge is 0.274 e. The summed E-state index contributed by atoms with van der Waals surface area (Å²) >= 11 is 0. The van der Waals surface area contributed by atoms with Crippen molar-refractivity contribution in [1.82, 2.24) is 19.8 Å². The maximum Gasteiger partial charge on any atom is 0.274 e. The van der Waals surface area contributed by atoms with Gasteiger partial charge in [-0.25, -0.2) is 4.98 Å². The molecule has 33 heavy (non-hydrogen) atoms. The highest BCUT2D eigenvalue weighted by Crippen LogP contribution is 2.28. The Hall–Kier alpha value is -3.20. The van der Waals surface area contributed by atoms with E-state index < -0.39 is 0 Å². The molecule has 1 aliphatic rings. The largest absolute Gasteiger partial charge is 0.495 e. The van der Waals surface area contributed by atoms with Crippen LogP contribution in [0.15, 0.2) is 36.7 Å². The van der Waals surface area contributed by atoms with Crippen LogP contribution in [0.4, 0.5) is 5.69 Å². The first-order valence-corrected chi connectivity index (χ1v) is 11.3. The Morgan fingerprint density at radius 3 is 2.45 bits per heavy atom. The molecule has 0 atom stereocenters. The number of aryl methyl sites for hydroxylation is 1. The summed E-state index contributed by atoms with van der Waals surface area (Å²) < 4.78 is 10.6. The molecule has 2 amide bonds. The molecule has 0 radical (unpaired) electrons. The standard InChI is InChI=1S/C24H33N5O4/c1-19-17-26-20(18-25-19)24(31)29(10-6-16-32-2)11-9-23(30)28-14-12-27(13-15-28)21-7-4-5-8-22(21)33-3/h4-5,7-8,17-18H,6,9-16H2,1-3H3. The van der Waals surface area contributed by atoms with Gasteiger partial charge in [0.1, 0.15) is 11.4 Å². The van der Waals surface area contributed by atoms with Crippen molar-refractivity contribution in [2.24, 2.45) is 0 Å². The molecule has 9 heteroatoms. The molecule has 2 heterocycles. The summed E-state index contributed by atoms with van der Waals surface area (Å²) in [6.07, 6.45) is 4.02. The van der Waals surface area contributed by atoms with E-state index in [-0.39, 0.29) is 23.9 Å². The lowest BCUT2D eigenvalue weighted by atomic mass is 10.2. The average molecular weight is 456 g/mol. The maximum atomic E-state index is 12.9. The second-order valence-electron chi connectivity index (χ2n) is 7.97. The van der Waals surface area contributed by atoms with Crippen molar-refractivity contribution in [2.45, 2.75) is 19.8 Å². The van der Waals surface area contributed by atoms with Gasteiger partial charge < -0.3 is 24.2 Å². The lowest BCUT2D eigenvalue weighted by Gasteiger charge is -2.37. The summed E-state index contributed by atoms with van der Waals surface area (Å²) in [7, 11) is 3.30. The van der Waals surface area contributed by atoms with Gasteiger partial charge in [0.15, 0.2) is 0 Å². The molecule has 1 fully saturated rings. The van der Waals surface area contributed by atoms with Crippen molar-refractivity contribution in [3.63, 3.8) is 0 Å². The molecule has 0 N–H and O–H groups in total. The van der Waals surface area contributed by atoms with Crippen LogP contribution in [0.3, 0.4) is 0 Å². The summed E-state index contributed by atoms with van der Waals surface area (Å²) in [6, 6.07) is 7.92. The number of piperazine rings is 1. The number of rotatable bonds is 10. The second-order valence-corrected chi connectivity index (χ2v) is 7.97. The topological polar surface area (TPSA) is 88.1 Å². The Bertz CT molecular complexity index is 913. The quantitative estimate of drug-likeness (QED) is 0.507. The number of nitrogens with zero attached hydrogens (tertiary/aromatic N) is 5. The highest BCUT2D eigenvalue weighted by Gasteiger charge is 2.24. The molecule has 0 unspecified atom stereocenters. The monoisotopic (exact) mass is 455 g/mol. The minimum absolute atomic E-state index is 0.0502. The number of aromatic nitrogens is 2. The Morgan fingerprint density at radius 1 is 1.03 bits per heavy atom. The number of methoxy groups -OCH3 is 2. The van der Waals surface area contributed by atoms with Gasteiger partial charge >= 0.3 is 0 Å². The van der Waals surface area contributed by atoms with Gasteiger partial charge in [0, 0.05) is 65.6 Å². The van der Waals surface area contributed by atoms with Gasteiger partial charge in [-0.1, -0.05) is 12.1 Å². The molecule has 2 aromatic rings. The van der Waals surface area contributed by atoms with Crippen LogP contribution in [-0.2, 0) is 9.53 Å². The van der Waals surface area contributed by atoms with Crippen LogP contribution in [0, 0.1) is 6.92 Å². The van der Waals surface area contributed by atoms with Crippen LogP contribution in [0.1, 0.15) is 29.0 Å². The molecule has 178 valence electrons. The van der Waals surface area contributed by atoms with E-state index in [2.05, 4.69) is 14.9 Å². The zero-order valence-corrected chi connectivity index (χ0v) is 19.7. The third-order valence-electron chi connectivity index (χ3n) is 5.72. The minimum Gasteiger partial charge on any atom is -0.495 e. The molecule has 0 bridgehead atoms. The van der Waals surface area contributed by atoms with Crippen molar-refractivity contribution >= 4 is 17.5 Å². The van der Waals surface area contributed by atoms with Crippen molar-refractivity contribution < 1.29 is 19.1 Å². The lowest BCUT2D eigenvalue weighted by Crippen LogP contribution is -2.49. The maximum absolute atomic E-state index is 12.9. The molecule has 1 aromatic carbocycles. The van der Waals surface area contributed by atoms with Gasteiger partial charge in [0.25, 0.3) is 5.91 Å². The number of benzene rings is 1. The molecule has 0 aliphatic carbocycles.